The SMILES string of the molecule is CCOc1ccc(C(F)(F)F)cc1C1(CC)OCCO1. The largest absolute Gasteiger partial charge is 0.493 e. The predicted octanol–water partition coefficient (Wildman–Crippen LogP) is 3.71. The second-order valence-electron chi connectivity index (χ2n) is 4.45. The molecule has 1 aromatic rings. The first-order chi connectivity index (χ1) is 9.43. The fraction of sp³-hybridized carbons (Fsp3) is 0.571. The number of halogens is 3. The average molecular weight is 290 g/mol. The molecule has 0 saturated carbocycles. The molecule has 1 aromatic carbocycles. The van der Waals surface area contributed by atoms with E-state index in [0.717, 1.165) is 12.1 Å². The van der Waals surface area contributed by atoms with Crippen molar-refractivity contribution in [3.8, 4) is 5.75 Å². The van der Waals surface area contributed by atoms with Crippen molar-refractivity contribution in [1.82, 2.24) is 0 Å². The molecule has 0 radical (unpaired) electrons. The lowest BCUT2D eigenvalue weighted by Crippen LogP contribution is -2.27. The molecular weight excluding hydrogens is 273 g/mol. The molecule has 1 aliphatic rings. The number of benzene rings is 1. The second-order valence-corrected chi connectivity index (χ2v) is 4.45. The van der Waals surface area contributed by atoms with Crippen molar-refractivity contribution in [3.05, 3.63) is 29.3 Å². The highest BCUT2D eigenvalue weighted by atomic mass is 19.4. The number of hydrogen-bond donors (Lipinski definition) is 0. The van der Waals surface area contributed by atoms with E-state index in [1.54, 1.807) is 13.8 Å². The Labute approximate surface area is 115 Å². The zero-order valence-corrected chi connectivity index (χ0v) is 11.4. The molecule has 0 aromatic heterocycles. The van der Waals surface area contributed by atoms with Gasteiger partial charge in [0, 0.05) is 6.42 Å². The van der Waals surface area contributed by atoms with Crippen LogP contribution in [0.25, 0.3) is 0 Å². The molecule has 20 heavy (non-hydrogen) atoms. The summed E-state index contributed by atoms with van der Waals surface area (Å²) in [5.41, 5.74) is -0.433. The third-order valence-corrected chi connectivity index (χ3v) is 3.24. The van der Waals surface area contributed by atoms with Gasteiger partial charge < -0.3 is 14.2 Å². The minimum atomic E-state index is -4.41. The molecule has 0 bridgehead atoms. The van der Waals surface area contributed by atoms with E-state index in [1.807, 2.05) is 0 Å². The Balaban J connectivity index is 2.51. The van der Waals surface area contributed by atoms with Crippen molar-refractivity contribution in [2.45, 2.75) is 32.2 Å². The molecule has 0 amide bonds. The number of alkyl halides is 3. The summed E-state index contributed by atoms with van der Waals surface area (Å²) in [6.45, 7) is 4.65. The summed E-state index contributed by atoms with van der Waals surface area (Å²) in [5.74, 6) is -0.782. The van der Waals surface area contributed by atoms with Gasteiger partial charge in [0.25, 0.3) is 0 Å². The lowest BCUT2D eigenvalue weighted by atomic mass is 9.99. The Bertz CT molecular complexity index is 465. The molecule has 3 nitrogen and oxygen atoms in total. The summed E-state index contributed by atoms with van der Waals surface area (Å²) < 4.78 is 55.2. The molecule has 1 heterocycles. The third kappa shape index (κ3) is 2.76. The monoisotopic (exact) mass is 290 g/mol. The summed E-state index contributed by atoms with van der Waals surface area (Å²) in [6, 6.07) is 3.39. The molecular formula is C14H17F3O3. The van der Waals surface area contributed by atoms with Crippen molar-refractivity contribution >= 4 is 0 Å². The molecule has 112 valence electrons. The van der Waals surface area contributed by atoms with Crippen LogP contribution >= 0.6 is 0 Å². The van der Waals surface area contributed by atoms with Crippen LogP contribution in [0.5, 0.6) is 5.75 Å². The Morgan fingerprint density at radius 1 is 1.20 bits per heavy atom. The van der Waals surface area contributed by atoms with Crippen LogP contribution in [0.15, 0.2) is 18.2 Å². The van der Waals surface area contributed by atoms with Crippen molar-refractivity contribution in [2.75, 3.05) is 19.8 Å². The van der Waals surface area contributed by atoms with Crippen LogP contribution in [0.3, 0.4) is 0 Å². The Kier molecular flexibility index (Phi) is 4.25. The van der Waals surface area contributed by atoms with E-state index in [4.69, 9.17) is 14.2 Å². The van der Waals surface area contributed by atoms with Crippen molar-refractivity contribution in [2.24, 2.45) is 0 Å². The van der Waals surface area contributed by atoms with Gasteiger partial charge in [-0.3, -0.25) is 0 Å². The molecule has 0 spiro atoms. The van der Waals surface area contributed by atoms with Crippen molar-refractivity contribution < 1.29 is 27.4 Å². The van der Waals surface area contributed by atoms with Crippen LogP contribution < -0.4 is 4.74 Å². The van der Waals surface area contributed by atoms with Gasteiger partial charge in [-0.2, -0.15) is 13.2 Å². The van der Waals surface area contributed by atoms with Gasteiger partial charge in [0.2, 0.25) is 0 Å². The van der Waals surface area contributed by atoms with Gasteiger partial charge in [0.15, 0.2) is 5.79 Å². The van der Waals surface area contributed by atoms with Crippen molar-refractivity contribution in [3.63, 3.8) is 0 Å². The maximum absolute atomic E-state index is 12.9. The van der Waals surface area contributed by atoms with E-state index in [2.05, 4.69) is 0 Å². The molecule has 1 fully saturated rings. The Morgan fingerprint density at radius 2 is 1.85 bits per heavy atom. The van der Waals surface area contributed by atoms with Crippen LogP contribution in [0.4, 0.5) is 13.2 Å². The van der Waals surface area contributed by atoms with Gasteiger partial charge in [0.05, 0.1) is 30.9 Å². The van der Waals surface area contributed by atoms with Crippen molar-refractivity contribution in [1.29, 1.82) is 0 Å². The third-order valence-electron chi connectivity index (χ3n) is 3.24. The number of ether oxygens (including phenoxy) is 3. The van der Waals surface area contributed by atoms with Gasteiger partial charge in [-0.05, 0) is 25.1 Å². The lowest BCUT2D eigenvalue weighted by molar-refractivity contribution is -0.169. The highest BCUT2D eigenvalue weighted by molar-refractivity contribution is 5.41. The number of hydrogen-bond acceptors (Lipinski definition) is 3. The van der Waals surface area contributed by atoms with Crippen LogP contribution in [0.2, 0.25) is 0 Å². The fourth-order valence-electron chi connectivity index (χ4n) is 2.29. The van der Waals surface area contributed by atoms with E-state index in [-0.39, 0.29) is 0 Å². The first-order valence-corrected chi connectivity index (χ1v) is 6.55. The van der Waals surface area contributed by atoms with Crippen LogP contribution in [0, 0.1) is 0 Å². The maximum Gasteiger partial charge on any atom is 0.416 e. The molecule has 0 aliphatic carbocycles. The normalized spacial score (nSPS) is 18.2. The fourth-order valence-corrected chi connectivity index (χ4v) is 2.29. The first kappa shape index (κ1) is 15.1. The molecule has 1 saturated heterocycles. The minimum Gasteiger partial charge on any atom is -0.493 e. The Morgan fingerprint density at radius 3 is 2.35 bits per heavy atom. The molecule has 0 atom stereocenters. The van der Waals surface area contributed by atoms with E-state index in [0.29, 0.717) is 37.6 Å². The first-order valence-electron chi connectivity index (χ1n) is 6.55. The summed E-state index contributed by atoms with van der Waals surface area (Å²) in [4.78, 5) is 0. The van der Waals surface area contributed by atoms with E-state index < -0.39 is 17.5 Å². The quantitative estimate of drug-likeness (QED) is 0.846. The molecule has 6 heteroatoms. The summed E-state index contributed by atoms with van der Waals surface area (Å²) in [6.07, 6.45) is -4.00. The zero-order chi connectivity index (χ0) is 14.8. The smallest absolute Gasteiger partial charge is 0.416 e. The van der Waals surface area contributed by atoms with E-state index in [1.165, 1.54) is 6.07 Å². The van der Waals surface area contributed by atoms with Crippen LogP contribution in [0.1, 0.15) is 31.4 Å². The van der Waals surface area contributed by atoms with Gasteiger partial charge in [-0.15, -0.1) is 0 Å². The lowest BCUT2D eigenvalue weighted by Gasteiger charge is -2.29. The number of rotatable bonds is 4. The van der Waals surface area contributed by atoms with E-state index in [9.17, 15) is 13.2 Å². The highest BCUT2D eigenvalue weighted by Gasteiger charge is 2.41. The second kappa shape index (κ2) is 5.61. The van der Waals surface area contributed by atoms with Gasteiger partial charge >= 0.3 is 6.18 Å². The standard InChI is InChI=1S/C14H17F3O3/c1-3-13(19-7-8-20-13)11-9-10(14(15,16)17)5-6-12(11)18-4-2/h5-6,9H,3-4,7-8H2,1-2H3. The zero-order valence-electron chi connectivity index (χ0n) is 11.4. The molecule has 0 unspecified atom stereocenters. The summed E-state index contributed by atoms with van der Waals surface area (Å²) in [7, 11) is 0. The maximum atomic E-state index is 12.9. The van der Waals surface area contributed by atoms with Crippen LogP contribution in [-0.4, -0.2) is 19.8 Å². The molecule has 2 rings (SSSR count). The summed E-state index contributed by atoms with van der Waals surface area (Å²) >= 11 is 0. The Hall–Kier alpha value is -1.27. The van der Waals surface area contributed by atoms with Crippen LogP contribution in [-0.2, 0) is 21.4 Å². The van der Waals surface area contributed by atoms with Gasteiger partial charge in [-0.1, -0.05) is 6.92 Å². The molecule has 0 N–H and O–H groups in total. The average Bonchev–Trinajstić information content (AvgIpc) is 2.88. The highest BCUT2D eigenvalue weighted by Crippen LogP contribution is 2.42. The molecule has 1 aliphatic heterocycles. The van der Waals surface area contributed by atoms with Gasteiger partial charge in [0.1, 0.15) is 5.75 Å². The van der Waals surface area contributed by atoms with E-state index >= 15 is 0 Å². The summed E-state index contributed by atoms with van der Waals surface area (Å²) in [5, 5.41) is 0. The predicted molar refractivity (Wildman–Crippen MR) is 66.5 cm³/mol. The van der Waals surface area contributed by atoms with Gasteiger partial charge in [-0.25, -0.2) is 0 Å². The topological polar surface area (TPSA) is 27.7 Å². The minimum absolute atomic E-state index is 0.300.